The first kappa shape index (κ1) is 37.8. The molecule has 1 aliphatic rings. The number of carbonyl (C=O) groups is 1. The Kier molecular flexibility index (Phi) is 17.5. The molecule has 10 nitrogen and oxygen atoms in total. The molecule has 2 aromatic rings. The standard InChI is InChI=1S/C36H56O10/c1-2-3-4-5-6-7-8-9-10-11-12-13-14-15-16-17-18-19-20-31(38)43-25-30-33(40)34(41)35(42)36(46-30)45-29-23-26-21-22-32(39)44-28(26)24-27(29)37/h21-24,30,33-37,40-42H,2-20,25H2,1H3/t30-,33-,34+,35-,36+/m1/s1. The average Bonchev–Trinajstić information content (AvgIpc) is 3.04. The molecule has 0 radical (unpaired) electrons. The van der Waals surface area contributed by atoms with Crippen LogP contribution in [0.4, 0.5) is 0 Å². The number of carbonyl (C=O) groups excluding carboxylic acids is 1. The summed E-state index contributed by atoms with van der Waals surface area (Å²) in [6, 6.07) is 5.26. The minimum atomic E-state index is -1.65. The van der Waals surface area contributed by atoms with Gasteiger partial charge in [-0.3, -0.25) is 4.79 Å². The van der Waals surface area contributed by atoms with Crippen LogP contribution < -0.4 is 10.4 Å². The number of esters is 1. The van der Waals surface area contributed by atoms with Gasteiger partial charge in [0.15, 0.2) is 11.5 Å². The lowest BCUT2D eigenvalue weighted by molar-refractivity contribution is -0.278. The molecular formula is C36H56O10. The van der Waals surface area contributed by atoms with E-state index in [0.29, 0.717) is 11.8 Å². The number of aromatic hydroxyl groups is 1. The van der Waals surface area contributed by atoms with E-state index in [1.165, 1.54) is 114 Å². The zero-order valence-electron chi connectivity index (χ0n) is 27.6. The summed E-state index contributed by atoms with van der Waals surface area (Å²) in [5.41, 5.74) is -0.446. The predicted molar refractivity (Wildman–Crippen MR) is 176 cm³/mol. The molecule has 4 N–H and O–H groups in total. The molecule has 1 aromatic carbocycles. The number of ether oxygens (including phenoxy) is 3. The zero-order valence-corrected chi connectivity index (χ0v) is 27.6. The first-order chi connectivity index (χ1) is 22.3. The van der Waals surface area contributed by atoms with Crippen LogP contribution in [0.1, 0.15) is 129 Å². The van der Waals surface area contributed by atoms with E-state index in [9.17, 15) is 30.0 Å². The number of aliphatic hydroxyl groups excluding tert-OH is 3. The molecule has 2 heterocycles. The van der Waals surface area contributed by atoms with Crippen LogP contribution in [0.25, 0.3) is 11.0 Å². The van der Waals surface area contributed by atoms with E-state index >= 15 is 0 Å². The van der Waals surface area contributed by atoms with Crippen molar-refractivity contribution in [1.29, 1.82) is 0 Å². The quantitative estimate of drug-likeness (QED) is 0.0584. The van der Waals surface area contributed by atoms with Gasteiger partial charge in [-0.15, -0.1) is 0 Å². The third-order valence-corrected chi connectivity index (χ3v) is 8.76. The van der Waals surface area contributed by atoms with Gasteiger partial charge in [-0.25, -0.2) is 4.79 Å². The number of rotatable bonds is 23. The minimum absolute atomic E-state index is 0.0983. The molecule has 0 unspecified atom stereocenters. The van der Waals surface area contributed by atoms with E-state index in [1.807, 2.05) is 0 Å². The lowest BCUT2D eigenvalue weighted by Gasteiger charge is -2.39. The number of benzene rings is 1. The number of phenolic OH excluding ortho intramolecular Hbond substituents is 1. The van der Waals surface area contributed by atoms with Crippen LogP contribution in [-0.2, 0) is 14.3 Å². The topological polar surface area (TPSA) is 156 Å². The van der Waals surface area contributed by atoms with Crippen molar-refractivity contribution >= 4 is 16.9 Å². The zero-order chi connectivity index (χ0) is 33.1. The Hall–Kier alpha value is -2.66. The lowest BCUT2D eigenvalue weighted by Crippen LogP contribution is -2.60. The van der Waals surface area contributed by atoms with Crippen LogP contribution in [0.5, 0.6) is 11.5 Å². The van der Waals surface area contributed by atoms with Crippen LogP contribution in [0.2, 0.25) is 0 Å². The van der Waals surface area contributed by atoms with E-state index in [-0.39, 0.29) is 30.1 Å². The monoisotopic (exact) mass is 648 g/mol. The smallest absolute Gasteiger partial charge is 0.336 e. The van der Waals surface area contributed by atoms with E-state index in [2.05, 4.69) is 6.92 Å². The van der Waals surface area contributed by atoms with Crippen LogP contribution in [0.15, 0.2) is 33.5 Å². The molecule has 3 rings (SSSR count). The highest BCUT2D eigenvalue weighted by molar-refractivity contribution is 5.80. The molecule has 0 spiro atoms. The fraction of sp³-hybridized carbons (Fsp3) is 0.722. The Balaban J connectivity index is 1.23. The van der Waals surface area contributed by atoms with Crippen LogP contribution in [-0.4, -0.2) is 63.7 Å². The van der Waals surface area contributed by atoms with Crippen molar-refractivity contribution < 1.29 is 43.8 Å². The summed E-state index contributed by atoms with van der Waals surface area (Å²) < 4.78 is 21.6. The van der Waals surface area contributed by atoms with E-state index in [4.69, 9.17) is 18.6 Å². The van der Waals surface area contributed by atoms with Crippen molar-refractivity contribution in [1.82, 2.24) is 0 Å². The number of phenols is 1. The Morgan fingerprint density at radius 1 is 0.739 bits per heavy atom. The fourth-order valence-electron chi connectivity index (χ4n) is 5.87. The van der Waals surface area contributed by atoms with Crippen molar-refractivity contribution in [3.63, 3.8) is 0 Å². The maximum atomic E-state index is 12.3. The number of fused-ring (bicyclic) bond motifs is 1. The normalized spacial score (nSPS) is 21.4. The molecule has 1 fully saturated rings. The first-order valence-corrected chi connectivity index (χ1v) is 17.6. The molecule has 0 aliphatic carbocycles. The summed E-state index contributed by atoms with van der Waals surface area (Å²) in [6.07, 6.45) is 15.6. The van der Waals surface area contributed by atoms with Gasteiger partial charge in [0.2, 0.25) is 6.29 Å². The summed E-state index contributed by atoms with van der Waals surface area (Å²) in [5, 5.41) is 41.9. The molecule has 5 atom stereocenters. The molecular weight excluding hydrogens is 592 g/mol. The summed E-state index contributed by atoms with van der Waals surface area (Å²) in [7, 11) is 0. The summed E-state index contributed by atoms with van der Waals surface area (Å²) in [5.74, 6) is -0.913. The number of aliphatic hydroxyl groups is 3. The first-order valence-electron chi connectivity index (χ1n) is 17.6. The largest absolute Gasteiger partial charge is 0.504 e. The second kappa shape index (κ2) is 21.3. The molecule has 46 heavy (non-hydrogen) atoms. The number of hydrogen-bond donors (Lipinski definition) is 4. The lowest BCUT2D eigenvalue weighted by atomic mass is 9.99. The summed E-state index contributed by atoms with van der Waals surface area (Å²) in [4.78, 5) is 23.7. The third-order valence-electron chi connectivity index (χ3n) is 8.76. The molecule has 1 saturated heterocycles. The van der Waals surface area contributed by atoms with Gasteiger partial charge in [0, 0.05) is 23.9 Å². The van der Waals surface area contributed by atoms with Crippen molar-refractivity contribution in [2.24, 2.45) is 0 Å². The Labute approximate surface area is 273 Å². The van der Waals surface area contributed by atoms with Gasteiger partial charge in [-0.1, -0.05) is 116 Å². The maximum absolute atomic E-state index is 12.3. The molecule has 260 valence electrons. The second-order valence-electron chi connectivity index (χ2n) is 12.7. The van der Waals surface area contributed by atoms with Gasteiger partial charge in [0.05, 0.1) is 0 Å². The van der Waals surface area contributed by atoms with Gasteiger partial charge in [-0.2, -0.15) is 0 Å². The second-order valence-corrected chi connectivity index (χ2v) is 12.7. The van der Waals surface area contributed by atoms with Gasteiger partial charge < -0.3 is 39.1 Å². The molecule has 1 aliphatic heterocycles. The molecule has 10 heteroatoms. The number of hydrogen-bond acceptors (Lipinski definition) is 10. The molecule has 1 aromatic heterocycles. The van der Waals surface area contributed by atoms with Crippen molar-refractivity contribution in [3.05, 3.63) is 34.7 Å². The molecule has 0 bridgehead atoms. The Morgan fingerprint density at radius 3 is 1.85 bits per heavy atom. The van der Waals surface area contributed by atoms with E-state index in [1.54, 1.807) is 0 Å². The molecule has 0 saturated carbocycles. The van der Waals surface area contributed by atoms with Crippen LogP contribution in [0.3, 0.4) is 0 Å². The van der Waals surface area contributed by atoms with E-state index in [0.717, 1.165) is 19.3 Å². The van der Waals surface area contributed by atoms with E-state index < -0.39 is 42.3 Å². The average molecular weight is 649 g/mol. The van der Waals surface area contributed by atoms with Crippen LogP contribution in [0, 0.1) is 0 Å². The Bertz CT molecular complexity index is 1200. The minimum Gasteiger partial charge on any atom is -0.504 e. The van der Waals surface area contributed by atoms with Crippen molar-refractivity contribution in [3.8, 4) is 11.5 Å². The SMILES string of the molecule is CCCCCCCCCCCCCCCCCCCCC(=O)OC[C@H]1O[C@H](Oc2cc3ccc(=O)oc3cc2O)[C@H](O)[C@@H](O)[C@@H]1O. The number of unbranched alkanes of at least 4 members (excludes halogenated alkanes) is 17. The highest BCUT2D eigenvalue weighted by Crippen LogP contribution is 2.34. The van der Waals surface area contributed by atoms with Gasteiger partial charge in [0.25, 0.3) is 0 Å². The predicted octanol–water partition coefficient (Wildman–Crippen LogP) is 6.66. The summed E-state index contributed by atoms with van der Waals surface area (Å²) >= 11 is 0. The van der Waals surface area contributed by atoms with Crippen molar-refractivity contribution in [2.75, 3.05) is 6.61 Å². The highest BCUT2D eigenvalue weighted by Gasteiger charge is 2.45. The van der Waals surface area contributed by atoms with Crippen LogP contribution >= 0.6 is 0 Å². The third kappa shape index (κ3) is 13.2. The van der Waals surface area contributed by atoms with Gasteiger partial charge in [0.1, 0.15) is 36.6 Å². The molecule has 0 amide bonds. The Morgan fingerprint density at radius 2 is 1.28 bits per heavy atom. The van der Waals surface area contributed by atoms with Gasteiger partial charge >= 0.3 is 11.6 Å². The maximum Gasteiger partial charge on any atom is 0.336 e. The van der Waals surface area contributed by atoms with Gasteiger partial charge in [-0.05, 0) is 18.6 Å². The highest BCUT2D eigenvalue weighted by atomic mass is 16.7. The summed E-state index contributed by atoms with van der Waals surface area (Å²) in [6.45, 7) is 1.93. The fourth-order valence-corrected chi connectivity index (χ4v) is 5.87. The van der Waals surface area contributed by atoms with Crippen molar-refractivity contribution in [2.45, 2.75) is 160 Å².